The summed E-state index contributed by atoms with van der Waals surface area (Å²) in [6.45, 7) is 14.2. The molecule has 198 valence electrons. The topological polar surface area (TPSA) is 111 Å². The van der Waals surface area contributed by atoms with Gasteiger partial charge in [-0.05, 0) is 45.4 Å². The average Bonchev–Trinajstić information content (AvgIpc) is 2.73. The van der Waals surface area contributed by atoms with Gasteiger partial charge in [-0.2, -0.15) is 0 Å². The molecule has 34 heavy (non-hydrogen) atoms. The van der Waals surface area contributed by atoms with E-state index < -0.39 is 18.1 Å². The molecule has 1 aliphatic carbocycles. The van der Waals surface area contributed by atoms with E-state index in [2.05, 4.69) is 29.8 Å². The molecule has 3 atom stereocenters. The number of rotatable bonds is 12. The van der Waals surface area contributed by atoms with Crippen LogP contribution in [0.3, 0.4) is 0 Å². The lowest BCUT2D eigenvalue weighted by atomic mass is 9.83. The summed E-state index contributed by atoms with van der Waals surface area (Å²) in [6.07, 6.45) is 6.43. The molecule has 4 amide bonds. The Labute approximate surface area is 207 Å². The molecule has 8 heteroatoms. The van der Waals surface area contributed by atoms with Crippen LogP contribution in [0.25, 0.3) is 0 Å². The number of carbonyl (C=O) groups excluding carboxylic acids is 3. The first kappa shape index (κ1) is 30.2. The van der Waals surface area contributed by atoms with Gasteiger partial charge in [0, 0.05) is 25.6 Å². The normalized spacial score (nSPS) is 17.6. The molecule has 0 aromatic carbocycles. The van der Waals surface area contributed by atoms with Crippen molar-refractivity contribution in [3.63, 3.8) is 0 Å². The molecule has 0 bridgehead atoms. The molecule has 0 radical (unpaired) electrons. The van der Waals surface area contributed by atoms with Gasteiger partial charge in [-0.15, -0.1) is 0 Å². The van der Waals surface area contributed by atoms with Gasteiger partial charge >= 0.3 is 6.03 Å². The van der Waals surface area contributed by atoms with Gasteiger partial charge in [0.1, 0.15) is 0 Å². The van der Waals surface area contributed by atoms with E-state index in [1.165, 1.54) is 26.2 Å². The van der Waals surface area contributed by atoms with E-state index in [4.69, 9.17) is 0 Å². The largest absolute Gasteiger partial charge is 0.389 e. The van der Waals surface area contributed by atoms with Crippen LogP contribution in [-0.2, 0) is 9.59 Å². The van der Waals surface area contributed by atoms with Gasteiger partial charge in [-0.3, -0.25) is 9.59 Å². The number of aliphatic hydroxyl groups is 1. The molecule has 0 aliphatic heterocycles. The van der Waals surface area contributed by atoms with Crippen LogP contribution in [0.15, 0.2) is 0 Å². The summed E-state index contributed by atoms with van der Waals surface area (Å²) in [5.74, 6) is 0.0954. The summed E-state index contributed by atoms with van der Waals surface area (Å²) in [5.41, 5.74) is -0.382. The maximum absolute atomic E-state index is 13.0. The minimum absolute atomic E-state index is 0.159. The van der Waals surface area contributed by atoms with Gasteiger partial charge in [-0.25, -0.2) is 4.79 Å². The monoisotopic (exact) mass is 482 g/mol. The van der Waals surface area contributed by atoms with Crippen LogP contribution in [0.1, 0.15) is 93.4 Å². The van der Waals surface area contributed by atoms with E-state index in [0.29, 0.717) is 24.8 Å². The quantitative estimate of drug-likeness (QED) is 0.341. The summed E-state index contributed by atoms with van der Waals surface area (Å²) in [5, 5.41) is 20.0. The Balaban J connectivity index is 2.95. The molecule has 1 fully saturated rings. The Bertz CT molecular complexity index is 641. The van der Waals surface area contributed by atoms with Crippen molar-refractivity contribution >= 4 is 17.8 Å². The fourth-order valence-corrected chi connectivity index (χ4v) is 4.25. The molecule has 0 spiro atoms. The highest BCUT2D eigenvalue weighted by molar-refractivity contribution is 5.80. The molecule has 0 aromatic heterocycles. The zero-order valence-corrected chi connectivity index (χ0v) is 22.6. The van der Waals surface area contributed by atoms with E-state index in [9.17, 15) is 19.5 Å². The molecule has 0 aromatic rings. The number of nitrogens with zero attached hydrogens (tertiary/aromatic N) is 1. The highest BCUT2D eigenvalue weighted by Gasteiger charge is 2.30. The number of aliphatic hydroxyl groups excluding tert-OH is 1. The molecule has 1 rings (SSSR count). The SMILES string of the molecule is CC(=O)NC[C@H](C)C(=O)N[C@@H](CC1CCCCC1)C(O)CN(CCC(C)C)C(=O)NC(C)(C)C. The minimum Gasteiger partial charge on any atom is -0.389 e. The summed E-state index contributed by atoms with van der Waals surface area (Å²) < 4.78 is 0. The summed E-state index contributed by atoms with van der Waals surface area (Å²) >= 11 is 0. The van der Waals surface area contributed by atoms with Crippen LogP contribution >= 0.6 is 0 Å². The van der Waals surface area contributed by atoms with Crippen molar-refractivity contribution in [2.45, 2.75) is 111 Å². The smallest absolute Gasteiger partial charge is 0.317 e. The third kappa shape index (κ3) is 12.6. The molecule has 0 saturated heterocycles. The highest BCUT2D eigenvalue weighted by Crippen LogP contribution is 2.28. The maximum Gasteiger partial charge on any atom is 0.317 e. The lowest BCUT2D eigenvalue weighted by molar-refractivity contribution is -0.126. The molecular weight excluding hydrogens is 432 g/mol. The van der Waals surface area contributed by atoms with E-state index in [1.807, 2.05) is 20.8 Å². The third-order valence-electron chi connectivity index (χ3n) is 6.36. The zero-order valence-electron chi connectivity index (χ0n) is 22.6. The van der Waals surface area contributed by atoms with E-state index in [1.54, 1.807) is 11.8 Å². The van der Waals surface area contributed by atoms with Crippen LogP contribution in [-0.4, -0.2) is 65.2 Å². The van der Waals surface area contributed by atoms with Gasteiger partial charge in [0.05, 0.1) is 24.6 Å². The first-order chi connectivity index (χ1) is 15.8. The van der Waals surface area contributed by atoms with Gasteiger partial charge in [-0.1, -0.05) is 52.9 Å². The Morgan fingerprint density at radius 3 is 2.21 bits per heavy atom. The standard InChI is InChI=1S/C26H50N4O4/c1-18(2)13-14-30(25(34)29-26(5,6)7)17-23(32)22(15-21-11-9-8-10-12-21)28-24(33)19(3)16-27-20(4)31/h18-19,21-23,32H,8-17H2,1-7H3,(H,27,31)(H,28,33)(H,29,34)/t19-,22-,23?/m0/s1. The van der Waals surface area contributed by atoms with Gasteiger partial charge in [0.2, 0.25) is 11.8 Å². The molecule has 4 N–H and O–H groups in total. The molecule has 8 nitrogen and oxygen atoms in total. The predicted octanol–water partition coefficient (Wildman–Crippen LogP) is 3.43. The van der Waals surface area contributed by atoms with Crippen LogP contribution in [0, 0.1) is 17.8 Å². The Hall–Kier alpha value is -1.83. The average molecular weight is 483 g/mol. The fraction of sp³-hybridized carbons (Fsp3) is 0.885. The second-order valence-electron chi connectivity index (χ2n) is 11.6. The van der Waals surface area contributed by atoms with Crippen molar-refractivity contribution in [1.82, 2.24) is 20.9 Å². The third-order valence-corrected chi connectivity index (χ3v) is 6.36. The number of hydrogen-bond donors (Lipinski definition) is 4. The minimum atomic E-state index is -0.878. The van der Waals surface area contributed by atoms with Crippen molar-refractivity contribution in [3.8, 4) is 0 Å². The lowest BCUT2D eigenvalue weighted by Gasteiger charge is -2.35. The van der Waals surface area contributed by atoms with Crippen LogP contribution in [0.2, 0.25) is 0 Å². The predicted molar refractivity (Wildman–Crippen MR) is 136 cm³/mol. The van der Waals surface area contributed by atoms with Crippen molar-refractivity contribution in [2.24, 2.45) is 17.8 Å². The Morgan fingerprint density at radius 2 is 1.68 bits per heavy atom. The Kier molecular flexibility index (Phi) is 12.9. The van der Waals surface area contributed by atoms with E-state index in [-0.39, 0.29) is 36.5 Å². The van der Waals surface area contributed by atoms with E-state index >= 15 is 0 Å². The van der Waals surface area contributed by atoms with Crippen LogP contribution < -0.4 is 16.0 Å². The molecule has 1 unspecified atom stereocenters. The summed E-state index contributed by atoms with van der Waals surface area (Å²) in [6, 6.07) is -0.645. The van der Waals surface area contributed by atoms with Crippen LogP contribution in [0.5, 0.6) is 0 Å². The molecule has 0 heterocycles. The molecular formula is C26H50N4O4. The number of nitrogens with one attached hydrogen (secondary N) is 3. The Morgan fingerprint density at radius 1 is 1.06 bits per heavy atom. The van der Waals surface area contributed by atoms with E-state index in [0.717, 1.165) is 19.3 Å². The van der Waals surface area contributed by atoms with Gasteiger partial charge < -0.3 is 26.0 Å². The second-order valence-corrected chi connectivity index (χ2v) is 11.6. The number of amides is 4. The zero-order chi connectivity index (χ0) is 25.9. The fourth-order valence-electron chi connectivity index (χ4n) is 4.25. The number of hydrogen-bond acceptors (Lipinski definition) is 4. The van der Waals surface area contributed by atoms with Crippen molar-refractivity contribution in [2.75, 3.05) is 19.6 Å². The lowest BCUT2D eigenvalue weighted by Crippen LogP contribution is -2.55. The van der Waals surface area contributed by atoms with Gasteiger partial charge in [0.15, 0.2) is 0 Å². The first-order valence-electron chi connectivity index (χ1n) is 13.1. The van der Waals surface area contributed by atoms with Crippen molar-refractivity contribution in [1.29, 1.82) is 0 Å². The summed E-state index contributed by atoms with van der Waals surface area (Å²) in [4.78, 5) is 38.8. The number of carbonyl (C=O) groups is 3. The molecule has 1 saturated carbocycles. The summed E-state index contributed by atoms with van der Waals surface area (Å²) in [7, 11) is 0. The molecule has 1 aliphatic rings. The first-order valence-corrected chi connectivity index (χ1v) is 13.1. The number of urea groups is 1. The second kappa shape index (κ2) is 14.5. The highest BCUT2D eigenvalue weighted by atomic mass is 16.3. The van der Waals surface area contributed by atoms with Crippen LogP contribution in [0.4, 0.5) is 4.79 Å². The van der Waals surface area contributed by atoms with Crippen molar-refractivity contribution in [3.05, 3.63) is 0 Å². The van der Waals surface area contributed by atoms with Gasteiger partial charge in [0.25, 0.3) is 0 Å². The maximum atomic E-state index is 13.0. The van der Waals surface area contributed by atoms with Crippen molar-refractivity contribution < 1.29 is 19.5 Å².